The van der Waals surface area contributed by atoms with Gasteiger partial charge in [-0.1, -0.05) is 43.4 Å². The van der Waals surface area contributed by atoms with Crippen LogP contribution in [0.2, 0.25) is 0 Å². The number of amides is 1. The van der Waals surface area contributed by atoms with Crippen LogP contribution >= 0.6 is 11.6 Å². The topological polar surface area (TPSA) is 94.9 Å². The van der Waals surface area contributed by atoms with E-state index in [1.54, 1.807) is 18.2 Å². The van der Waals surface area contributed by atoms with E-state index in [4.69, 9.17) is 17.1 Å². The molecule has 0 aliphatic carbocycles. The third-order valence-corrected chi connectivity index (χ3v) is 3.45. The van der Waals surface area contributed by atoms with Gasteiger partial charge in [-0.15, -0.1) is 11.6 Å². The minimum Gasteiger partial charge on any atom is -0.342 e. The lowest BCUT2D eigenvalue weighted by molar-refractivity contribution is -0.118. The number of benzene rings is 1. The van der Waals surface area contributed by atoms with Crippen LogP contribution in [0.4, 0.5) is 5.69 Å². The van der Waals surface area contributed by atoms with Gasteiger partial charge in [0.15, 0.2) is 5.78 Å². The lowest BCUT2D eigenvalue weighted by atomic mass is 10.0. The lowest BCUT2D eigenvalue weighted by Gasteiger charge is -2.16. The fourth-order valence-electron chi connectivity index (χ4n) is 2.01. The first-order valence-corrected chi connectivity index (χ1v) is 7.70. The van der Waals surface area contributed by atoms with Gasteiger partial charge in [0, 0.05) is 16.2 Å². The molecular formula is C15H19ClN4O2. The number of ketones is 1. The summed E-state index contributed by atoms with van der Waals surface area (Å²) in [6, 6.07) is 5.70. The largest absolute Gasteiger partial charge is 0.342 e. The number of alkyl halides is 1. The van der Waals surface area contributed by atoms with E-state index in [2.05, 4.69) is 22.3 Å². The van der Waals surface area contributed by atoms with Crippen molar-refractivity contribution in [1.82, 2.24) is 5.32 Å². The minimum atomic E-state index is -0.584. The van der Waals surface area contributed by atoms with Crippen LogP contribution in [0.25, 0.3) is 10.4 Å². The van der Waals surface area contributed by atoms with Crippen molar-refractivity contribution < 1.29 is 9.59 Å². The zero-order valence-electron chi connectivity index (χ0n) is 12.5. The number of carbonyl (C=O) groups excluding carboxylic acids is 2. The summed E-state index contributed by atoms with van der Waals surface area (Å²) in [5, 5.41) is 6.16. The van der Waals surface area contributed by atoms with Crippen LogP contribution in [0.1, 0.15) is 43.0 Å². The SMILES string of the molecule is CCCCC[C@H](NC(=O)c1cccc(N=[N+]=[N-])c1)C(=O)CCl. The molecule has 0 aliphatic rings. The molecule has 0 spiro atoms. The number of nitrogens with zero attached hydrogens (tertiary/aromatic N) is 3. The molecule has 1 N–H and O–H groups in total. The minimum absolute atomic E-state index is 0.129. The quantitative estimate of drug-likeness (QED) is 0.243. The third kappa shape index (κ3) is 5.76. The molecule has 118 valence electrons. The number of Topliss-reactive ketones (excluding diaryl/α,β-unsaturated/α-hetero) is 1. The van der Waals surface area contributed by atoms with E-state index < -0.39 is 6.04 Å². The van der Waals surface area contributed by atoms with Crippen LogP contribution in [0.5, 0.6) is 0 Å². The molecule has 0 saturated carbocycles. The molecule has 0 saturated heterocycles. The van der Waals surface area contributed by atoms with Crippen LogP contribution in [-0.4, -0.2) is 23.6 Å². The van der Waals surface area contributed by atoms with Crippen molar-refractivity contribution in [2.45, 2.75) is 38.6 Å². The normalized spacial score (nSPS) is 11.4. The van der Waals surface area contributed by atoms with Gasteiger partial charge in [0.25, 0.3) is 5.91 Å². The van der Waals surface area contributed by atoms with Gasteiger partial charge in [0.2, 0.25) is 0 Å². The molecule has 0 heterocycles. The second kappa shape index (κ2) is 9.82. The monoisotopic (exact) mass is 322 g/mol. The smallest absolute Gasteiger partial charge is 0.251 e. The zero-order chi connectivity index (χ0) is 16.4. The molecular weight excluding hydrogens is 304 g/mol. The Labute approximate surface area is 134 Å². The molecule has 0 aliphatic heterocycles. The number of hydrogen-bond acceptors (Lipinski definition) is 3. The van der Waals surface area contributed by atoms with Crippen molar-refractivity contribution in [2.75, 3.05) is 5.88 Å². The van der Waals surface area contributed by atoms with Crippen LogP contribution < -0.4 is 5.32 Å². The number of hydrogen-bond donors (Lipinski definition) is 1. The summed E-state index contributed by atoms with van der Waals surface area (Å²) in [4.78, 5) is 26.7. The molecule has 0 fully saturated rings. The highest BCUT2D eigenvalue weighted by Gasteiger charge is 2.20. The summed E-state index contributed by atoms with van der Waals surface area (Å²) in [6.45, 7) is 2.07. The standard InChI is InChI=1S/C15H19ClN4O2/c1-2-3-4-8-13(14(21)10-16)18-15(22)11-6-5-7-12(9-11)19-20-17/h5-7,9,13H,2-4,8,10H2,1H3,(H,18,22)/t13-/m0/s1. The Kier molecular flexibility index (Phi) is 8.04. The first-order valence-electron chi connectivity index (χ1n) is 7.17. The highest BCUT2D eigenvalue weighted by Crippen LogP contribution is 2.15. The Balaban J connectivity index is 2.78. The van der Waals surface area contributed by atoms with Gasteiger partial charge < -0.3 is 5.32 Å². The van der Waals surface area contributed by atoms with Crippen molar-refractivity contribution >= 4 is 29.0 Å². The number of azide groups is 1. The first-order chi connectivity index (χ1) is 10.6. The van der Waals surface area contributed by atoms with E-state index in [1.165, 1.54) is 6.07 Å². The van der Waals surface area contributed by atoms with Gasteiger partial charge in [-0.3, -0.25) is 9.59 Å². The van der Waals surface area contributed by atoms with Gasteiger partial charge in [-0.2, -0.15) is 0 Å². The van der Waals surface area contributed by atoms with Crippen molar-refractivity contribution in [3.63, 3.8) is 0 Å². The third-order valence-electron chi connectivity index (χ3n) is 3.19. The summed E-state index contributed by atoms with van der Waals surface area (Å²) < 4.78 is 0. The maximum atomic E-state index is 12.2. The summed E-state index contributed by atoms with van der Waals surface area (Å²) in [6.07, 6.45) is 3.45. The van der Waals surface area contributed by atoms with Gasteiger partial charge >= 0.3 is 0 Å². The molecule has 22 heavy (non-hydrogen) atoms. The fraction of sp³-hybridized carbons (Fsp3) is 0.467. The Morgan fingerprint density at radius 3 is 2.82 bits per heavy atom. The van der Waals surface area contributed by atoms with Gasteiger partial charge in [-0.25, -0.2) is 0 Å². The van der Waals surface area contributed by atoms with E-state index in [1.807, 2.05) is 0 Å². The lowest BCUT2D eigenvalue weighted by Crippen LogP contribution is -2.41. The van der Waals surface area contributed by atoms with E-state index in [9.17, 15) is 9.59 Å². The summed E-state index contributed by atoms with van der Waals surface area (Å²) in [5.74, 6) is -0.706. The average molecular weight is 323 g/mol. The molecule has 1 aromatic carbocycles. The Bertz CT molecular complexity index is 570. The number of carbonyl (C=O) groups is 2. The summed E-state index contributed by atoms with van der Waals surface area (Å²) in [7, 11) is 0. The summed E-state index contributed by atoms with van der Waals surface area (Å²) in [5.41, 5.74) is 9.11. The predicted molar refractivity (Wildman–Crippen MR) is 86.4 cm³/mol. The van der Waals surface area contributed by atoms with Gasteiger partial charge in [0.1, 0.15) is 0 Å². The van der Waals surface area contributed by atoms with E-state index >= 15 is 0 Å². The molecule has 1 atom stereocenters. The number of unbranched alkanes of at least 4 members (excludes halogenated alkanes) is 2. The second-order valence-electron chi connectivity index (χ2n) is 4.86. The van der Waals surface area contributed by atoms with Crippen LogP contribution in [0.3, 0.4) is 0 Å². The maximum absolute atomic E-state index is 12.2. The van der Waals surface area contributed by atoms with Gasteiger partial charge in [0.05, 0.1) is 11.9 Å². The van der Waals surface area contributed by atoms with E-state index in [-0.39, 0.29) is 17.6 Å². The number of rotatable bonds is 9. The molecule has 7 heteroatoms. The number of nitrogens with one attached hydrogen (secondary N) is 1. The molecule has 1 amide bonds. The van der Waals surface area contributed by atoms with Crippen molar-refractivity contribution in [3.8, 4) is 0 Å². The molecule has 0 radical (unpaired) electrons. The zero-order valence-corrected chi connectivity index (χ0v) is 13.2. The van der Waals surface area contributed by atoms with Crippen LogP contribution in [0, 0.1) is 0 Å². The van der Waals surface area contributed by atoms with Crippen LogP contribution in [-0.2, 0) is 4.79 Å². The van der Waals surface area contributed by atoms with Crippen molar-refractivity contribution in [2.24, 2.45) is 5.11 Å². The Morgan fingerprint density at radius 1 is 1.41 bits per heavy atom. The Hall–Kier alpha value is -2.04. The van der Waals surface area contributed by atoms with Crippen LogP contribution in [0.15, 0.2) is 29.4 Å². The maximum Gasteiger partial charge on any atom is 0.251 e. The molecule has 0 aromatic heterocycles. The predicted octanol–water partition coefficient (Wildman–Crippen LogP) is 4.12. The van der Waals surface area contributed by atoms with E-state index in [0.29, 0.717) is 17.7 Å². The molecule has 1 rings (SSSR count). The second-order valence-corrected chi connectivity index (χ2v) is 5.13. The van der Waals surface area contributed by atoms with Gasteiger partial charge in [-0.05, 0) is 24.1 Å². The molecule has 0 unspecified atom stereocenters. The summed E-state index contributed by atoms with van der Waals surface area (Å²) >= 11 is 5.60. The fourth-order valence-corrected chi connectivity index (χ4v) is 2.19. The van der Waals surface area contributed by atoms with Crippen molar-refractivity contribution in [1.29, 1.82) is 0 Å². The Morgan fingerprint density at radius 2 is 2.18 bits per heavy atom. The molecule has 6 nitrogen and oxygen atoms in total. The highest BCUT2D eigenvalue weighted by atomic mass is 35.5. The highest BCUT2D eigenvalue weighted by molar-refractivity contribution is 6.28. The number of halogens is 1. The molecule has 1 aromatic rings. The van der Waals surface area contributed by atoms with Crippen molar-refractivity contribution in [3.05, 3.63) is 40.3 Å². The van der Waals surface area contributed by atoms with E-state index in [0.717, 1.165) is 19.3 Å². The molecule has 0 bridgehead atoms. The average Bonchev–Trinajstić information content (AvgIpc) is 2.53. The first kappa shape index (κ1) is 18.0.